The first kappa shape index (κ1) is 10.9. The molecule has 0 bridgehead atoms. The zero-order chi connectivity index (χ0) is 10.2. The van der Waals surface area contributed by atoms with Crippen molar-refractivity contribution in [1.29, 1.82) is 0 Å². The van der Waals surface area contributed by atoms with E-state index in [4.69, 9.17) is 4.74 Å². The zero-order valence-electron chi connectivity index (χ0n) is 7.82. The van der Waals surface area contributed by atoms with E-state index in [1.165, 1.54) is 6.20 Å². The van der Waals surface area contributed by atoms with E-state index in [-0.39, 0.29) is 6.03 Å². The molecule has 0 atom stereocenters. The summed E-state index contributed by atoms with van der Waals surface area (Å²) in [5, 5.41) is 9.43. The second-order valence-electron chi connectivity index (χ2n) is 2.36. The fraction of sp³-hybridized carbons (Fsp3) is 0.571. The van der Waals surface area contributed by atoms with Gasteiger partial charge in [-0.05, 0) is 6.92 Å². The van der Waals surface area contributed by atoms with E-state index in [1.807, 2.05) is 6.92 Å². The third kappa shape index (κ3) is 4.15. The molecule has 1 aromatic rings. The van der Waals surface area contributed by atoms with Gasteiger partial charge in [-0.25, -0.2) is 4.79 Å². The number of nitrogens with zero attached hydrogens (tertiary/aromatic N) is 2. The molecule has 2 N–H and O–H groups in total. The van der Waals surface area contributed by atoms with E-state index in [0.717, 1.165) is 11.5 Å². The molecule has 7 heteroatoms. The lowest BCUT2D eigenvalue weighted by Gasteiger charge is -2.04. The van der Waals surface area contributed by atoms with Gasteiger partial charge >= 0.3 is 6.03 Å². The fourth-order valence-corrected chi connectivity index (χ4v) is 1.17. The van der Waals surface area contributed by atoms with Crippen LogP contribution in [0.4, 0.5) is 9.80 Å². The minimum atomic E-state index is -0.268. The van der Waals surface area contributed by atoms with Crippen molar-refractivity contribution in [3.8, 4) is 0 Å². The van der Waals surface area contributed by atoms with Gasteiger partial charge < -0.3 is 10.1 Å². The number of anilines is 1. The van der Waals surface area contributed by atoms with Gasteiger partial charge in [-0.2, -0.15) is 0 Å². The Kier molecular flexibility index (Phi) is 4.87. The van der Waals surface area contributed by atoms with Crippen LogP contribution in [-0.4, -0.2) is 35.4 Å². The highest BCUT2D eigenvalue weighted by Crippen LogP contribution is 2.07. The Hall–Kier alpha value is -1.21. The van der Waals surface area contributed by atoms with Crippen molar-refractivity contribution < 1.29 is 9.53 Å². The van der Waals surface area contributed by atoms with Crippen LogP contribution in [0.3, 0.4) is 0 Å². The van der Waals surface area contributed by atoms with E-state index >= 15 is 0 Å². The van der Waals surface area contributed by atoms with Crippen LogP contribution in [0.1, 0.15) is 6.92 Å². The summed E-state index contributed by atoms with van der Waals surface area (Å²) in [6, 6.07) is -0.268. The second kappa shape index (κ2) is 6.28. The predicted molar refractivity (Wildman–Crippen MR) is 53.4 cm³/mol. The molecule has 0 aliphatic carbocycles. The van der Waals surface area contributed by atoms with Crippen LogP contribution in [0, 0.1) is 0 Å². The van der Waals surface area contributed by atoms with Crippen molar-refractivity contribution in [2.24, 2.45) is 0 Å². The summed E-state index contributed by atoms with van der Waals surface area (Å²) in [6.07, 6.45) is 1.49. The monoisotopic (exact) mass is 216 g/mol. The minimum absolute atomic E-state index is 0.268. The predicted octanol–water partition coefficient (Wildman–Crippen LogP) is 0.696. The Morgan fingerprint density at radius 3 is 3.21 bits per heavy atom. The van der Waals surface area contributed by atoms with Gasteiger partial charge in [0, 0.05) is 24.7 Å². The molecule has 0 aromatic carbocycles. The maximum atomic E-state index is 11.1. The molecule has 0 fully saturated rings. The van der Waals surface area contributed by atoms with Crippen LogP contribution in [0.5, 0.6) is 0 Å². The number of ether oxygens (including phenoxy) is 1. The Morgan fingerprint density at radius 2 is 2.57 bits per heavy atom. The molecule has 2 amide bonds. The fourth-order valence-electron chi connectivity index (χ4n) is 0.759. The molecule has 0 unspecified atom stereocenters. The SMILES string of the molecule is CCOCCNC(=O)Nc1cnns1. The highest BCUT2D eigenvalue weighted by atomic mass is 32.1. The van der Waals surface area contributed by atoms with Crippen molar-refractivity contribution >= 4 is 22.6 Å². The Morgan fingerprint density at radius 1 is 1.71 bits per heavy atom. The van der Waals surface area contributed by atoms with Crippen LogP contribution in [-0.2, 0) is 4.74 Å². The molecule has 1 rings (SSSR count). The summed E-state index contributed by atoms with van der Waals surface area (Å²) in [6.45, 7) is 3.57. The van der Waals surface area contributed by atoms with Gasteiger partial charge in [0.25, 0.3) is 0 Å². The molecule has 0 aliphatic heterocycles. The quantitative estimate of drug-likeness (QED) is 0.710. The number of amides is 2. The summed E-state index contributed by atoms with van der Waals surface area (Å²) in [5.41, 5.74) is 0. The Labute approximate surface area is 85.8 Å². The molecular weight excluding hydrogens is 204 g/mol. The van der Waals surface area contributed by atoms with Crippen molar-refractivity contribution in [2.45, 2.75) is 6.92 Å². The zero-order valence-corrected chi connectivity index (χ0v) is 8.63. The first-order chi connectivity index (χ1) is 6.83. The smallest absolute Gasteiger partial charge is 0.320 e. The van der Waals surface area contributed by atoms with Crippen LogP contribution in [0.25, 0.3) is 0 Å². The molecule has 0 radical (unpaired) electrons. The third-order valence-electron chi connectivity index (χ3n) is 1.33. The van der Waals surface area contributed by atoms with E-state index in [2.05, 4.69) is 20.2 Å². The largest absolute Gasteiger partial charge is 0.380 e. The molecule has 0 saturated heterocycles. The topological polar surface area (TPSA) is 76.1 Å². The van der Waals surface area contributed by atoms with Crippen molar-refractivity contribution in [3.63, 3.8) is 0 Å². The van der Waals surface area contributed by atoms with Gasteiger partial charge in [-0.3, -0.25) is 5.32 Å². The number of hydrogen-bond donors (Lipinski definition) is 2. The minimum Gasteiger partial charge on any atom is -0.380 e. The molecule has 78 valence electrons. The van der Waals surface area contributed by atoms with Crippen molar-refractivity contribution in [3.05, 3.63) is 6.20 Å². The van der Waals surface area contributed by atoms with E-state index in [0.29, 0.717) is 24.8 Å². The van der Waals surface area contributed by atoms with Gasteiger partial charge in [-0.1, -0.05) is 4.49 Å². The summed E-state index contributed by atoms with van der Waals surface area (Å²) >= 11 is 1.13. The maximum absolute atomic E-state index is 11.1. The number of carbonyl (C=O) groups is 1. The average Bonchev–Trinajstić information content (AvgIpc) is 2.65. The first-order valence-corrected chi connectivity index (χ1v) is 5.00. The summed E-state index contributed by atoms with van der Waals surface area (Å²) in [4.78, 5) is 11.1. The van der Waals surface area contributed by atoms with Crippen LogP contribution in [0.2, 0.25) is 0 Å². The van der Waals surface area contributed by atoms with E-state index < -0.39 is 0 Å². The molecule has 1 aromatic heterocycles. The van der Waals surface area contributed by atoms with Crippen LogP contribution in [0.15, 0.2) is 6.20 Å². The molecule has 14 heavy (non-hydrogen) atoms. The first-order valence-electron chi connectivity index (χ1n) is 4.23. The van der Waals surface area contributed by atoms with Gasteiger partial charge in [0.15, 0.2) is 0 Å². The summed E-state index contributed by atoms with van der Waals surface area (Å²) in [7, 11) is 0. The lowest BCUT2D eigenvalue weighted by molar-refractivity contribution is 0.150. The lowest BCUT2D eigenvalue weighted by atomic mass is 10.6. The van der Waals surface area contributed by atoms with E-state index in [9.17, 15) is 4.79 Å². The highest BCUT2D eigenvalue weighted by molar-refractivity contribution is 7.10. The highest BCUT2D eigenvalue weighted by Gasteiger charge is 2.01. The molecular formula is C7H12N4O2S. The summed E-state index contributed by atoms with van der Waals surface area (Å²) in [5.74, 6) is 0. The van der Waals surface area contributed by atoms with Gasteiger partial charge in [0.05, 0.1) is 12.8 Å². The number of urea groups is 1. The van der Waals surface area contributed by atoms with Crippen LogP contribution >= 0.6 is 11.5 Å². The van der Waals surface area contributed by atoms with E-state index in [1.54, 1.807) is 0 Å². The van der Waals surface area contributed by atoms with Gasteiger partial charge in [0.1, 0.15) is 5.00 Å². The molecule has 0 saturated carbocycles. The number of rotatable bonds is 5. The molecule has 6 nitrogen and oxygen atoms in total. The van der Waals surface area contributed by atoms with Crippen molar-refractivity contribution in [1.82, 2.24) is 14.9 Å². The third-order valence-corrected chi connectivity index (χ3v) is 1.91. The molecule has 0 aliphatic rings. The average molecular weight is 216 g/mol. The maximum Gasteiger partial charge on any atom is 0.320 e. The molecule has 0 spiro atoms. The number of aromatic nitrogens is 2. The van der Waals surface area contributed by atoms with Gasteiger partial charge in [0.2, 0.25) is 0 Å². The number of carbonyl (C=O) groups excluding carboxylic acids is 1. The van der Waals surface area contributed by atoms with Crippen LogP contribution < -0.4 is 10.6 Å². The summed E-state index contributed by atoms with van der Waals surface area (Å²) < 4.78 is 8.66. The normalized spacial score (nSPS) is 9.79. The molecule has 1 heterocycles. The Balaban J connectivity index is 2.11. The second-order valence-corrected chi connectivity index (χ2v) is 3.15. The van der Waals surface area contributed by atoms with Gasteiger partial charge in [-0.15, -0.1) is 5.10 Å². The number of nitrogens with one attached hydrogen (secondary N) is 2. The van der Waals surface area contributed by atoms with Crippen molar-refractivity contribution in [2.75, 3.05) is 25.1 Å². The lowest BCUT2D eigenvalue weighted by Crippen LogP contribution is -2.31. The Bertz CT molecular complexity index is 265. The number of hydrogen-bond acceptors (Lipinski definition) is 5. The standard InChI is InChI=1S/C7H12N4O2S/c1-2-13-4-3-8-7(12)10-6-5-9-11-14-6/h5H,2-4H2,1H3,(H2,8,10,12).